The summed E-state index contributed by atoms with van der Waals surface area (Å²) in [4.78, 5) is 0. The summed E-state index contributed by atoms with van der Waals surface area (Å²) in [5, 5.41) is 0. The topological polar surface area (TPSA) is 30.0 Å². The molecule has 0 unspecified atom stereocenters. The summed E-state index contributed by atoms with van der Waals surface area (Å²) in [6.07, 6.45) is 0. The van der Waals surface area contributed by atoms with Crippen molar-refractivity contribution >= 4 is 37.7 Å². The van der Waals surface area contributed by atoms with Crippen molar-refractivity contribution < 1.29 is 44.3 Å². The quantitative estimate of drug-likeness (QED) is 0.436. The van der Waals surface area contributed by atoms with Crippen LogP contribution in [-0.4, -0.2) is 43.2 Å². The average molecular weight is 170 g/mol. The Hall–Kier alpha value is 2.45. The van der Waals surface area contributed by atoms with Crippen molar-refractivity contribution in [2.75, 3.05) is 0 Å². The Morgan fingerprint density at radius 1 is 1.00 bits per heavy atom. The maximum Gasteiger partial charge on any atom is 0 e. The summed E-state index contributed by atoms with van der Waals surface area (Å²) in [6, 6.07) is 0. The van der Waals surface area contributed by atoms with Crippen LogP contribution in [0.1, 0.15) is 0 Å². The van der Waals surface area contributed by atoms with Crippen LogP contribution in [0.15, 0.2) is 0 Å². The van der Waals surface area contributed by atoms with E-state index >= 15 is 0 Å². The summed E-state index contributed by atoms with van der Waals surface area (Å²) in [5.74, 6) is 0. The number of hydrogen-bond acceptors (Lipinski definition) is 1. The Morgan fingerprint density at radius 2 is 1.00 bits per heavy atom. The average Bonchev–Trinajstić information content (AvgIpc) is 0. The summed E-state index contributed by atoms with van der Waals surface area (Å²) in [5.41, 5.74) is 0. The fourth-order valence-electron chi connectivity index (χ4n) is 0. The predicted octanol–water partition coefficient (Wildman–Crippen LogP) is -0.830. The molecule has 0 aliphatic heterocycles. The molecule has 0 heterocycles. The van der Waals surface area contributed by atoms with Gasteiger partial charge in [-0.05, 0) is 0 Å². The van der Waals surface area contributed by atoms with Gasteiger partial charge in [-0.3, -0.25) is 0 Å². The van der Waals surface area contributed by atoms with Gasteiger partial charge in [-0.2, -0.15) is 0 Å². The summed E-state index contributed by atoms with van der Waals surface area (Å²) in [6.45, 7) is 0. The van der Waals surface area contributed by atoms with Gasteiger partial charge >= 0.3 is 37.7 Å². The van der Waals surface area contributed by atoms with Crippen LogP contribution < -0.4 is 0 Å². The zero-order valence-electron chi connectivity index (χ0n) is 2.25. The first-order valence-corrected chi connectivity index (χ1v) is 0. The normalized spacial score (nSPS) is 0. The molecule has 0 saturated carbocycles. The van der Waals surface area contributed by atoms with E-state index in [9.17, 15) is 0 Å². The molecular formula is H2CaCuOTi. The standard InChI is InChI=1S/Ca.Cu.H2O.Ti.H/h;;1H2;;/q+1;;;;/p-1. The van der Waals surface area contributed by atoms with Gasteiger partial charge in [-0.1, -0.05) is 0 Å². The number of hydrogen-bond donors (Lipinski definition) is 0. The van der Waals surface area contributed by atoms with Crippen LogP contribution in [0.5, 0.6) is 0 Å². The fourth-order valence-corrected chi connectivity index (χ4v) is 0. The van der Waals surface area contributed by atoms with Crippen molar-refractivity contribution in [3.63, 3.8) is 0 Å². The van der Waals surface area contributed by atoms with Crippen molar-refractivity contribution in [1.29, 1.82) is 0 Å². The molecular weight excluding hydrogens is 167 g/mol. The predicted molar refractivity (Wildman–Crippen MR) is 9.08 cm³/mol. The maximum absolute atomic E-state index is 0. The SMILES string of the molecule is [CaH+].[Cu].[OH-].[Ti]. The van der Waals surface area contributed by atoms with E-state index in [4.69, 9.17) is 0 Å². The van der Waals surface area contributed by atoms with E-state index in [1.807, 2.05) is 0 Å². The second kappa shape index (κ2) is 18.0. The first-order chi connectivity index (χ1) is 0. The van der Waals surface area contributed by atoms with Gasteiger partial charge in [0.05, 0.1) is 0 Å². The fraction of sp³-hybridized carbons (Fsp3) is 0. The van der Waals surface area contributed by atoms with Gasteiger partial charge in [0.25, 0.3) is 0 Å². The Balaban J connectivity index is 0. The minimum atomic E-state index is 0. The van der Waals surface area contributed by atoms with Crippen molar-refractivity contribution in [1.82, 2.24) is 0 Å². The zero-order valence-corrected chi connectivity index (χ0v) is 7.88. The molecule has 0 aromatic heterocycles. The van der Waals surface area contributed by atoms with E-state index in [1.165, 1.54) is 0 Å². The molecule has 4 heavy (non-hydrogen) atoms. The molecule has 0 aliphatic carbocycles. The Morgan fingerprint density at radius 3 is 1.00 bits per heavy atom. The minimum absolute atomic E-state index is 0. The van der Waals surface area contributed by atoms with Crippen LogP contribution in [0.3, 0.4) is 0 Å². The molecule has 0 rings (SSSR count). The third kappa shape index (κ3) is 8.82. The van der Waals surface area contributed by atoms with E-state index in [1.54, 1.807) is 0 Å². The van der Waals surface area contributed by atoms with E-state index in [2.05, 4.69) is 0 Å². The van der Waals surface area contributed by atoms with Gasteiger partial charge in [0.1, 0.15) is 0 Å². The molecule has 0 aromatic carbocycles. The monoisotopic (exact) mass is 169 g/mol. The summed E-state index contributed by atoms with van der Waals surface area (Å²) in [7, 11) is 0. The second-order valence-electron chi connectivity index (χ2n) is 0. The Bertz CT molecular complexity index is 8.00. The van der Waals surface area contributed by atoms with E-state index in [0.29, 0.717) is 0 Å². The molecule has 0 spiro atoms. The van der Waals surface area contributed by atoms with Crippen LogP contribution in [0.4, 0.5) is 0 Å². The van der Waals surface area contributed by atoms with Gasteiger partial charge in [0.2, 0.25) is 0 Å². The third-order valence-electron chi connectivity index (χ3n) is 0. The largest absolute Gasteiger partial charge is 0.870 e. The Kier molecular flexibility index (Phi) is 143. The maximum atomic E-state index is 0. The molecule has 0 fully saturated rings. The molecule has 4 heteroatoms. The van der Waals surface area contributed by atoms with Crippen molar-refractivity contribution in [2.45, 2.75) is 0 Å². The van der Waals surface area contributed by atoms with Crippen LogP contribution in [0.2, 0.25) is 0 Å². The van der Waals surface area contributed by atoms with Gasteiger partial charge in [-0.15, -0.1) is 0 Å². The number of rotatable bonds is 0. The summed E-state index contributed by atoms with van der Waals surface area (Å²) >= 11 is 0. The Labute approximate surface area is 80.6 Å². The van der Waals surface area contributed by atoms with E-state index in [-0.39, 0.29) is 82.0 Å². The van der Waals surface area contributed by atoms with E-state index in [0.717, 1.165) is 0 Å². The van der Waals surface area contributed by atoms with Gasteiger partial charge < -0.3 is 5.48 Å². The molecule has 0 aliphatic rings. The molecule has 1 N–H and O–H groups in total. The molecule has 0 atom stereocenters. The smallest absolute Gasteiger partial charge is 0 e. The molecule has 0 bridgehead atoms. The van der Waals surface area contributed by atoms with Crippen molar-refractivity contribution in [3.8, 4) is 0 Å². The molecule has 0 saturated heterocycles. The first kappa shape index (κ1) is 31.9. The zero-order chi connectivity index (χ0) is 0. The summed E-state index contributed by atoms with van der Waals surface area (Å²) < 4.78 is 0. The van der Waals surface area contributed by atoms with Crippen LogP contribution in [0, 0.1) is 0 Å². The van der Waals surface area contributed by atoms with Gasteiger partial charge in [0.15, 0.2) is 0 Å². The molecule has 25 valence electrons. The minimum Gasteiger partial charge on any atom is -0.870 e. The van der Waals surface area contributed by atoms with Gasteiger partial charge in [0, 0.05) is 38.8 Å². The first-order valence-electron chi connectivity index (χ1n) is 0. The molecule has 0 aromatic rings. The molecule has 0 amide bonds. The van der Waals surface area contributed by atoms with Gasteiger partial charge in [-0.25, -0.2) is 0 Å². The van der Waals surface area contributed by atoms with Crippen LogP contribution >= 0.6 is 0 Å². The van der Waals surface area contributed by atoms with Crippen molar-refractivity contribution in [2.24, 2.45) is 0 Å². The molecule has 1 nitrogen and oxygen atoms in total. The van der Waals surface area contributed by atoms with Crippen LogP contribution in [-0.2, 0) is 38.8 Å². The third-order valence-corrected chi connectivity index (χ3v) is 0. The van der Waals surface area contributed by atoms with E-state index < -0.39 is 0 Å². The second-order valence-corrected chi connectivity index (χ2v) is 0. The van der Waals surface area contributed by atoms with Crippen molar-refractivity contribution in [3.05, 3.63) is 0 Å². The molecule has 1 radical (unpaired) electrons. The van der Waals surface area contributed by atoms with Crippen LogP contribution in [0.25, 0.3) is 0 Å².